The molecule has 3 aromatic heterocycles. The van der Waals surface area contributed by atoms with Crippen LogP contribution >= 0.6 is 11.3 Å². The molecule has 3 N–H and O–H groups in total. The van der Waals surface area contributed by atoms with E-state index in [4.69, 9.17) is 13.9 Å². The normalized spacial score (nSPS) is 10.5. The van der Waals surface area contributed by atoms with Gasteiger partial charge in [-0.15, -0.1) is 10.2 Å². The summed E-state index contributed by atoms with van der Waals surface area (Å²) in [5.41, 5.74) is -0.533. The fraction of sp³-hybridized carbons (Fsp3) is 0.294. The van der Waals surface area contributed by atoms with Crippen LogP contribution in [0, 0.1) is 0 Å². The lowest BCUT2D eigenvalue weighted by Gasteiger charge is -2.10. The van der Waals surface area contributed by atoms with Crippen LogP contribution < -0.4 is 26.3 Å². The number of hydrogen-bond acceptors (Lipinski definition) is 11. The molecule has 0 atom stereocenters. The minimum atomic E-state index is -0.817. The van der Waals surface area contributed by atoms with Gasteiger partial charge in [-0.2, -0.15) is 9.78 Å². The Kier molecular flexibility index (Phi) is 6.94. The molecule has 31 heavy (non-hydrogen) atoms. The summed E-state index contributed by atoms with van der Waals surface area (Å²) in [4.78, 5) is 36.1. The summed E-state index contributed by atoms with van der Waals surface area (Å²) >= 11 is 1.01. The highest BCUT2D eigenvalue weighted by atomic mass is 32.1. The molecule has 3 aromatic rings. The maximum Gasteiger partial charge on any atom is 0.381 e. The van der Waals surface area contributed by atoms with Gasteiger partial charge in [0.05, 0.1) is 18.5 Å². The molecule has 0 saturated heterocycles. The van der Waals surface area contributed by atoms with E-state index in [1.165, 1.54) is 31.0 Å². The Morgan fingerprint density at radius 1 is 1.26 bits per heavy atom. The van der Waals surface area contributed by atoms with Crippen molar-refractivity contribution in [3.05, 3.63) is 34.5 Å². The molecule has 0 aliphatic heterocycles. The summed E-state index contributed by atoms with van der Waals surface area (Å²) in [5, 5.41) is 20.2. The Morgan fingerprint density at radius 2 is 2.06 bits per heavy atom. The number of nitrogens with one attached hydrogen (secondary N) is 3. The van der Waals surface area contributed by atoms with E-state index in [1.54, 1.807) is 13.1 Å². The lowest BCUT2D eigenvalue weighted by atomic mass is 10.3. The van der Waals surface area contributed by atoms with Gasteiger partial charge >= 0.3 is 5.63 Å². The van der Waals surface area contributed by atoms with E-state index in [0.717, 1.165) is 11.3 Å². The maximum absolute atomic E-state index is 12.5. The standard InChI is InChI=1S/C17H19N7O6S/c1-9(25)20-12-4-5-19-24(12)17-23-22-16(31-17)21-14(26)11-8-10(18-2)13(15(27)30-11)29-7-6-28-3/h4-5,8,18H,6-7H2,1-3H3,(H,20,25)(H,21,22,26). The Labute approximate surface area is 179 Å². The molecule has 0 spiro atoms. The number of methoxy groups -OCH3 is 1. The average Bonchev–Trinajstić information content (AvgIpc) is 3.37. The van der Waals surface area contributed by atoms with Crippen LogP contribution in [0.15, 0.2) is 27.5 Å². The quantitative estimate of drug-likeness (QED) is 0.401. The van der Waals surface area contributed by atoms with Gasteiger partial charge in [0.15, 0.2) is 5.76 Å². The fourth-order valence-electron chi connectivity index (χ4n) is 2.38. The van der Waals surface area contributed by atoms with Gasteiger partial charge in [-0.1, -0.05) is 11.3 Å². The minimum Gasteiger partial charge on any atom is -0.483 e. The molecule has 0 aromatic carbocycles. The van der Waals surface area contributed by atoms with Crippen molar-refractivity contribution < 1.29 is 23.5 Å². The van der Waals surface area contributed by atoms with Crippen molar-refractivity contribution >= 4 is 39.8 Å². The van der Waals surface area contributed by atoms with Crippen LogP contribution in [0.25, 0.3) is 5.13 Å². The van der Waals surface area contributed by atoms with Gasteiger partial charge in [-0.3, -0.25) is 14.9 Å². The predicted molar refractivity (Wildman–Crippen MR) is 111 cm³/mol. The van der Waals surface area contributed by atoms with Gasteiger partial charge < -0.3 is 24.5 Å². The predicted octanol–water partition coefficient (Wildman–Crippen LogP) is 0.955. The third-order valence-electron chi connectivity index (χ3n) is 3.70. The number of aromatic nitrogens is 4. The molecule has 0 aliphatic carbocycles. The summed E-state index contributed by atoms with van der Waals surface area (Å²) in [6.07, 6.45) is 1.48. The van der Waals surface area contributed by atoms with Crippen LogP contribution in [0.4, 0.5) is 16.6 Å². The van der Waals surface area contributed by atoms with Crippen molar-refractivity contribution in [1.29, 1.82) is 0 Å². The van der Waals surface area contributed by atoms with Crippen LogP contribution in [0.1, 0.15) is 17.5 Å². The van der Waals surface area contributed by atoms with Crippen LogP contribution in [-0.2, 0) is 9.53 Å². The lowest BCUT2D eigenvalue weighted by Crippen LogP contribution is -2.18. The first-order valence-corrected chi connectivity index (χ1v) is 9.69. The van der Waals surface area contributed by atoms with E-state index >= 15 is 0 Å². The highest BCUT2D eigenvalue weighted by Crippen LogP contribution is 2.24. The van der Waals surface area contributed by atoms with Crippen molar-refractivity contribution in [1.82, 2.24) is 20.0 Å². The highest BCUT2D eigenvalue weighted by molar-refractivity contribution is 7.17. The molecule has 0 saturated carbocycles. The van der Waals surface area contributed by atoms with Crippen LogP contribution in [0.3, 0.4) is 0 Å². The zero-order valence-electron chi connectivity index (χ0n) is 16.8. The van der Waals surface area contributed by atoms with Crippen LogP contribution in [0.2, 0.25) is 0 Å². The zero-order chi connectivity index (χ0) is 22.4. The van der Waals surface area contributed by atoms with Crippen molar-refractivity contribution in [3.8, 4) is 10.9 Å². The maximum atomic E-state index is 12.5. The summed E-state index contributed by atoms with van der Waals surface area (Å²) in [6.45, 7) is 1.79. The Morgan fingerprint density at radius 3 is 2.77 bits per heavy atom. The van der Waals surface area contributed by atoms with E-state index in [1.807, 2.05) is 0 Å². The molecule has 3 heterocycles. The summed E-state index contributed by atoms with van der Waals surface area (Å²) in [6, 6.07) is 2.93. The summed E-state index contributed by atoms with van der Waals surface area (Å²) in [5.74, 6) is -0.885. The SMILES string of the molecule is CNc1cc(C(=O)Nc2nnc(-n3nccc3NC(C)=O)s2)oc(=O)c1OCCOC. The van der Waals surface area contributed by atoms with Crippen LogP contribution in [-0.4, -0.2) is 59.2 Å². The topological polar surface area (TPSA) is 162 Å². The molecular formula is C17H19N7O6S. The van der Waals surface area contributed by atoms with Gasteiger partial charge in [0, 0.05) is 33.2 Å². The molecule has 0 aliphatic rings. The second-order valence-corrected chi connectivity index (χ2v) is 6.84. The number of amides is 2. The summed E-state index contributed by atoms with van der Waals surface area (Å²) < 4.78 is 16.7. The zero-order valence-corrected chi connectivity index (χ0v) is 17.6. The van der Waals surface area contributed by atoms with E-state index in [-0.39, 0.29) is 41.4 Å². The van der Waals surface area contributed by atoms with Crippen molar-refractivity contribution in [3.63, 3.8) is 0 Å². The Balaban J connectivity index is 1.77. The number of carbonyl (C=O) groups is 2. The first-order chi connectivity index (χ1) is 14.9. The smallest absolute Gasteiger partial charge is 0.381 e. The fourth-order valence-corrected chi connectivity index (χ4v) is 3.10. The van der Waals surface area contributed by atoms with Gasteiger partial charge in [0.1, 0.15) is 12.4 Å². The van der Waals surface area contributed by atoms with Gasteiger partial charge in [-0.25, -0.2) is 4.79 Å². The lowest BCUT2D eigenvalue weighted by molar-refractivity contribution is -0.114. The molecule has 0 radical (unpaired) electrons. The van der Waals surface area contributed by atoms with E-state index in [2.05, 4.69) is 31.2 Å². The van der Waals surface area contributed by atoms with E-state index < -0.39 is 11.5 Å². The Bertz CT molecular complexity index is 1140. The van der Waals surface area contributed by atoms with Gasteiger partial charge in [0.2, 0.25) is 21.9 Å². The van der Waals surface area contributed by atoms with Crippen molar-refractivity contribution in [2.24, 2.45) is 0 Å². The molecule has 0 bridgehead atoms. The molecule has 3 rings (SSSR count). The minimum absolute atomic E-state index is 0.0570. The second kappa shape index (κ2) is 9.82. The molecule has 0 unspecified atom stereocenters. The number of nitrogens with zero attached hydrogens (tertiary/aromatic N) is 4. The van der Waals surface area contributed by atoms with Gasteiger partial charge in [-0.05, 0) is 0 Å². The molecular weight excluding hydrogens is 430 g/mol. The van der Waals surface area contributed by atoms with E-state index in [0.29, 0.717) is 10.9 Å². The highest BCUT2D eigenvalue weighted by Gasteiger charge is 2.19. The monoisotopic (exact) mass is 449 g/mol. The number of hydrogen-bond donors (Lipinski definition) is 3. The van der Waals surface area contributed by atoms with Gasteiger partial charge in [0.25, 0.3) is 5.91 Å². The number of anilines is 3. The van der Waals surface area contributed by atoms with Crippen LogP contribution in [0.5, 0.6) is 5.75 Å². The first kappa shape index (κ1) is 21.9. The number of rotatable bonds is 9. The Hall–Kier alpha value is -3.78. The summed E-state index contributed by atoms with van der Waals surface area (Å²) in [7, 11) is 3.08. The van der Waals surface area contributed by atoms with E-state index in [9.17, 15) is 14.4 Å². The molecule has 13 nitrogen and oxygen atoms in total. The molecule has 14 heteroatoms. The molecule has 2 amide bonds. The molecule has 164 valence electrons. The number of ether oxygens (including phenoxy) is 2. The molecule has 0 fully saturated rings. The van der Waals surface area contributed by atoms with Crippen molar-refractivity contribution in [2.75, 3.05) is 43.3 Å². The average molecular weight is 449 g/mol. The third kappa shape index (κ3) is 5.23. The third-order valence-corrected chi connectivity index (χ3v) is 4.51. The second-order valence-electron chi connectivity index (χ2n) is 5.89. The first-order valence-electron chi connectivity index (χ1n) is 8.87. The largest absolute Gasteiger partial charge is 0.483 e. The number of carbonyl (C=O) groups excluding carboxylic acids is 2. The van der Waals surface area contributed by atoms with Crippen molar-refractivity contribution in [2.45, 2.75) is 6.92 Å².